The fraction of sp³-hybridized carbons (Fsp3) is 0.556. The maximum atomic E-state index is 6.22. The highest BCUT2D eigenvalue weighted by atomic mass is 14.5. The highest BCUT2D eigenvalue weighted by molar-refractivity contribution is 5.50. The van der Waals surface area contributed by atoms with E-state index in [0.29, 0.717) is 17.8 Å². The number of aryl methyl sites for hydroxylation is 2. The maximum Gasteiger partial charge on any atom is 0.0316 e. The minimum Gasteiger partial charge on any atom is -0.399 e. The average Bonchev–Trinajstić information content (AvgIpc) is 3.20. The van der Waals surface area contributed by atoms with Gasteiger partial charge in [-0.3, -0.25) is 0 Å². The molecule has 0 radical (unpaired) electrons. The van der Waals surface area contributed by atoms with Crippen LogP contribution in [0.2, 0.25) is 0 Å². The van der Waals surface area contributed by atoms with Crippen molar-refractivity contribution in [2.45, 2.75) is 194 Å². The third-order valence-electron chi connectivity index (χ3n) is 12.6. The van der Waals surface area contributed by atoms with E-state index < -0.39 is 0 Å². The van der Waals surface area contributed by atoms with Crippen LogP contribution < -0.4 is 11.5 Å². The molecular formula is C54H80N2. The molecule has 0 aliphatic heterocycles. The van der Waals surface area contributed by atoms with Crippen molar-refractivity contribution in [3.63, 3.8) is 0 Å². The molecule has 2 heteroatoms. The van der Waals surface area contributed by atoms with Gasteiger partial charge in [-0.05, 0) is 102 Å². The van der Waals surface area contributed by atoms with Crippen molar-refractivity contribution in [2.24, 2.45) is 0 Å². The summed E-state index contributed by atoms with van der Waals surface area (Å²) in [6.07, 6.45) is 29.2. The van der Waals surface area contributed by atoms with Crippen molar-refractivity contribution in [2.75, 3.05) is 11.5 Å². The number of anilines is 2. The number of rotatable bonds is 28. The smallest absolute Gasteiger partial charge is 0.0316 e. The van der Waals surface area contributed by atoms with E-state index in [0.717, 1.165) is 24.2 Å². The van der Waals surface area contributed by atoms with E-state index >= 15 is 0 Å². The second kappa shape index (κ2) is 25.7. The highest BCUT2D eigenvalue weighted by Gasteiger charge is 2.21. The fourth-order valence-electron chi connectivity index (χ4n) is 9.24. The summed E-state index contributed by atoms with van der Waals surface area (Å²) in [6, 6.07) is 32.6. The lowest BCUT2D eigenvalue weighted by Crippen LogP contribution is -2.07. The quantitative estimate of drug-likeness (QED) is 0.0448. The summed E-state index contributed by atoms with van der Waals surface area (Å²) in [5, 5.41) is 0. The van der Waals surface area contributed by atoms with Gasteiger partial charge in [-0.25, -0.2) is 0 Å². The lowest BCUT2D eigenvalue weighted by molar-refractivity contribution is 0.545. The van der Waals surface area contributed by atoms with Crippen molar-refractivity contribution in [1.29, 1.82) is 0 Å². The van der Waals surface area contributed by atoms with Gasteiger partial charge in [0.1, 0.15) is 0 Å². The molecule has 0 bridgehead atoms. The van der Waals surface area contributed by atoms with E-state index in [-0.39, 0.29) is 0 Å². The first-order valence-corrected chi connectivity index (χ1v) is 23.3. The van der Waals surface area contributed by atoms with Gasteiger partial charge in [0.05, 0.1) is 0 Å². The monoisotopic (exact) mass is 757 g/mol. The molecule has 2 unspecified atom stereocenters. The van der Waals surface area contributed by atoms with E-state index in [4.69, 9.17) is 11.5 Å². The maximum absolute atomic E-state index is 6.22. The molecule has 0 aromatic heterocycles. The van der Waals surface area contributed by atoms with Crippen LogP contribution in [-0.4, -0.2) is 0 Å². The van der Waals surface area contributed by atoms with E-state index in [9.17, 15) is 0 Å². The Morgan fingerprint density at radius 3 is 0.946 bits per heavy atom. The van der Waals surface area contributed by atoms with Gasteiger partial charge in [-0.1, -0.05) is 203 Å². The summed E-state index contributed by atoms with van der Waals surface area (Å²) in [4.78, 5) is 0. The van der Waals surface area contributed by atoms with E-state index in [1.807, 2.05) is 0 Å². The summed E-state index contributed by atoms with van der Waals surface area (Å²) >= 11 is 0. The Bertz CT molecular complexity index is 1510. The number of nitrogens with two attached hydrogens (primary N) is 2. The van der Waals surface area contributed by atoms with E-state index in [2.05, 4.69) is 120 Å². The van der Waals surface area contributed by atoms with Crippen LogP contribution in [0.25, 0.3) is 0 Å². The summed E-state index contributed by atoms with van der Waals surface area (Å²) < 4.78 is 0. The van der Waals surface area contributed by atoms with Crippen molar-refractivity contribution in [1.82, 2.24) is 0 Å². The molecule has 0 fully saturated rings. The summed E-state index contributed by atoms with van der Waals surface area (Å²) in [6.45, 7) is 11.4. The molecule has 4 aromatic carbocycles. The zero-order valence-corrected chi connectivity index (χ0v) is 36.5. The van der Waals surface area contributed by atoms with Gasteiger partial charge in [-0.15, -0.1) is 0 Å². The van der Waals surface area contributed by atoms with Crippen LogP contribution in [0.4, 0.5) is 11.4 Å². The van der Waals surface area contributed by atoms with Crippen LogP contribution in [-0.2, 0) is 0 Å². The third-order valence-corrected chi connectivity index (χ3v) is 12.6. The van der Waals surface area contributed by atoms with Gasteiger partial charge in [0.2, 0.25) is 0 Å². The first-order valence-electron chi connectivity index (χ1n) is 23.3. The van der Waals surface area contributed by atoms with E-state index in [1.54, 1.807) is 0 Å². The molecule has 0 spiro atoms. The Morgan fingerprint density at radius 1 is 0.339 bits per heavy atom. The Morgan fingerprint density at radius 2 is 0.643 bits per heavy atom. The minimum atomic E-state index is 0.395. The molecule has 4 rings (SSSR count). The van der Waals surface area contributed by atoms with E-state index in [1.165, 1.54) is 173 Å². The summed E-state index contributed by atoms with van der Waals surface area (Å²) in [5.74, 6) is 1.20. The van der Waals surface area contributed by atoms with Crippen LogP contribution in [0.15, 0.2) is 84.9 Å². The number of unbranched alkanes of at least 4 members (excludes halogenated alkanes) is 16. The fourth-order valence-corrected chi connectivity index (χ4v) is 9.24. The largest absolute Gasteiger partial charge is 0.399 e. The second-order valence-corrected chi connectivity index (χ2v) is 17.2. The normalized spacial score (nSPS) is 13.2. The Kier molecular flexibility index (Phi) is 20.7. The van der Waals surface area contributed by atoms with Crippen LogP contribution in [0.1, 0.15) is 224 Å². The van der Waals surface area contributed by atoms with Gasteiger partial charge in [0.25, 0.3) is 0 Å². The molecule has 306 valence electrons. The van der Waals surface area contributed by atoms with Crippen molar-refractivity contribution in [3.05, 3.63) is 129 Å². The zero-order chi connectivity index (χ0) is 40.0. The molecule has 0 saturated carbocycles. The van der Waals surface area contributed by atoms with Crippen LogP contribution in [0, 0.1) is 13.8 Å². The number of benzene rings is 4. The van der Waals surface area contributed by atoms with Crippen molar-refractivity contribution < 1.29 is 0 Å². The van der Waals surface area contributed by atoms with Crippen LogP contribution >= 0.6 is 0 Å². The van der Waals surface area contributed by atoms with Gasteiger partial charge in [0.15, 0.2) is 0 Å². The molecule has 0 saturated heterocycles. The first kappa shape index (κ1) is 45.2. The summed E-state index contributed by atoms with van der Waals surface area (Å²) in [7, 11) is 0. The lowest BCUT2D eigenvalue weighted by atomic mass is 9.81. The van der Waals surface area contributed by atoms with Crippen LogP contribution in [0.3, 0.4) is 0 Å². The zero-order valence-electron chi connectivity index (χ0n) is 36.5. The number of hydrogen-bond acceptors (Lipinski definition) is 2. The first-order chi connectivity index (χ1) is 27.4. The molecule has 0 amide bonds. The van der Waals surface area contributed by atoms with Crippen LogP contribution in [0.5, 0.6) is 0 Å². The molecule has 4 aromatic rings. The Labute approximate surface area is 344 Å². The average molecular weight is 757 g/mol. The van der Waals surface area contributed by atoms with Crippen molar-refractivity contribution >= 4 is 11.4 Å². The summed E-state index contributed by atoms with van der Waals surface area (Å²) in [5.41, 5.74) is 25.4. The molecule has 2 atom stereocenters. The molecule has 2 nitrogen and oxygen atoms in total. The molecule has 4 N–H and O–H groups in total. The Hall–Kier alpha value is -3.52. The lowest BCUT2D eigenvalue weighted by Gasteiger charge is -2.24. The number of hydrogen-bond donors (Lipinski definition) is 2. The molecular weight excluding hydrogens is 677 g/mol. The predicted molar refractivity (Wildman–Crippen MR) is 248 cm³/mol. The van der Waals surface area contributed by atoms with Crippen molar-refractivity contribution in [3.8, 4) is 0 Å². The standard InChI is InChI=1S/C54H80N2/c1-6-9-11-13-15-17-19-21-23-26-53(50-38-36-48(55)40-42(50)4)46-32-28-44(29-33-46)52(25-8-3)45-30-34-47(35-31-45)54(51-39-37-49(56)41-43(51)5)27-24-22-20-18-16-14-12-10-7-2/h28-41,52-54H,6-27,55-56H2,1-5H3. The minimum absolute atomic E-state index is 0.395. The van der Waals surface area contributed by atoms with Gasteiger partial charge in [0, 0.05) is 29.1 Å². The second-order valence-electron chi connectivity index (χ2n) is 17.2. The molecule has 0 aliphatic carbocycles. The molecule has 56 heavy (non-hydrogen) atoms. The molecule has 0 aliphatic rings. The topological polar surface area (TPSA) is 52.0 Å². The van der Waals surface area contributed by atoms with Gasteiger partial charge < -0.3 is 11.5 Å². The highest BCUT2D eigenvalue weighted by Crippen LogP contribution is 2.38. The SMILES string of the molecule is CCCCCCCCCCCC(c1ccc(C(CCC)c2ccc(C(CCCCCCCCCCC)c3ccc(N)cc3C)cc2)cc1)c1ccc(N)cc1C. The predicted octanol–water partition coefficient (Wildman–Crippen LogP) is 16.5. The Balaban J connectivity index is 1.47. The number of nitrogen functional groups attached to an aromatic ring is 2. The van der Waals surface area contributed by atoms with Gasteiger partial charge in [-0.2, -0.15) is 0 Å². The third kappa shape index (κ3) is 14.8. The molecule has 0 heterocycles. The van der Waals surface area contributed by atoms with Gasteiger partial charge >= 0.3 is 0 Å².